The van der Waals surface area contributed by atoms with Crippen molar-refractivity contribution in [3.05, 3.63) is 0 Å². The van der Waals surface area contributed by atoms with Gasteiger partial charge in [0.05, 0.1) is 0 Å². The molecule has 1 N–H and O–H groups in total. The first kappa shape index (κ1) is 12.8. The fourth-order valence-corrected chi connectivity index (χ4v) is 2.80. The predicted molar refractivity (Wildman–Crippen MR) is 69.0 cm³/mol. The van der Waals surface area contributed by atoms with Crippen molar-refractivity contribution in [3.8, 4) is 0 Å². The molecule has 2 aliphatic heterocycles. The highest BCUT2D eigenvalue weighted by Crippen LogP contribution is 2.16. The molecular weight excluding hydrogens is 214 g/mol. The molecule has 1 amide bonds. The highest BCUT2D eigenvalue weighted by atomic mass is 16.2. The van der Waals surface area contributed by atoms with Crippen molar-refractivity contribution in [3.63, 3.8) is 0 Å². The molecule has 0 saturated carbocycles. The van der Waals surface area contributed by atoms with Gasteiger partial charge in [0.15, 0.2) is 0 Å². The van der Waals surface area contributed by atoms with Crippen molar-refractivity contribution >= 4 is 5.91 Å². The Bertz CT molecular complexity index is 251. The Kier molecular flexibility index (Phi) is 4.80. The second-order valence-corrected chi connectivity index (χ2v) is 5.26. The van der Waals surface area contributed by atoms with Gasteiger partial charge in [-0.2, -0.15) is 0 Å². The zero-order valence-electron chi connectivity index (χ0n) is 11.0. The second kappa shape index (κ2) is 6.36. The summed E-state index contributed by atoms with van der Waals surface area (Å²) >= 11 is 0. The van der Waals surface area contributed by atoms with Crippen LogP contribution in [0.1, 0.15) is 32.6 Å². The lowest BCUT2D eigenvalue weighted by Gasteiger charge is -2.34. The fraction of sp³-hybridized carbons (Fsp3) is 0.923. The van der Waals surface area contributed by atoms with Crippen molar-refractivity contribution < 1.29 is 4.79 Å². The van der Waals surface area contributed by atoms with Gasteiger partial charge in [-0.1, -0.05) is 6.42 Å². The lowest BCUT2D eigenvalue weighted by Crippen LogP contribution is -2.47. The Hall–Kier alpha value is -0.610. The Morgan fingerprint density at radius 2 is 2.00 bits per heavy atom. The monoisotopic (exact) mass is 239 g/mol. The molecule has 1 unspecified atom stereocenters. The Labute approximate surface area is 104 Å². The van der Waals surface area contributed by atoms with Crippen LogP contribution in [0.2, 0.25) is 0 Å². The van der Waals surface area contributed by atoms with E-state index < -0.39 is 0 Å². The molecule has 0 bridgehead atoms. The minimum atomic E-state index is 0.337. The second-order valence-electron chi connectivity index (χ2n) is 5.26. The molecular formula is C13H25N3O. The number of likely N-dealkylation sites (tertiary alicyclic amines) is 1. The van der Waals surface area contributed by atoms with Crippen LogP contribution in [-0.2, 0) is 4.79 Å². The summed E-state index contributed by atoms with van der Waals surface area (Å²) in [5.74, 6) is 0.337. The van der Waals surface area contributed by atoms with Gasteiger partial charge in [0.1, 0.15) is 0 Å². The molecule has 2 heterocycles. The van der Waals surface area contributed by atoms with Gasteiger partial charge < -0.3 is 15.1 Å². The highest BCUT2D eigenvalue weighted by Gasteiger charge is 2.21. The summed E-state index contributed by atoms with van der Waals surface area (Å²) in [7, 11) is 0. The van der Waals surface area contributed by atoms with Gasteiger partial charge in [0.2, 0.25) is 5.91 Å². The molecule has 0 radical (unpaired) electrons. The van der Waals surface area contributed by atoms with Crippen LogP contribution in [0, 0.1) is 0 Å². The van der Waals surface area contributed by atoms with Crippen molar-refractivity contribution in [2.24, 2.45) is 0 Å². The van der Waals surface area contributed by atoms with Gasteiger partial charge in [-0.05, 0) is 26.3 Å². The van der Waals surface area contributed by atoms with Crippen molar-refractivity contribution in [2.75, 3.05) is 39.3 Å². The Morgan fingerprint density at radius 3 is 2.71 bits per heavy atom. The van der Waals surface area contributed by atoms with E-state index in [0.717, 1.165) is 32.7 Å². The minimum absolute atomic E-state index is 0.337. The Morgan fingerprint density at radius 1 is 1.24 bits per heavy atom. The maximum Gasteiger partial charge on any atom is 0.223 e. The number of amides is 1. The zero-order chi connectivity index (χ0) is 12.1. The van der Waals surface area contributed by atoms with Crippen LogP contribution in [-0.4, -0.2) is 61.0 Å². The molecule has 0 aliphatic carbocycles. The smallest absolute Gasteiger partial charge is 0.223 e. The van der Waals surface area contributed by atoms with Gasteiger partial charge >= 0.3 is 0 Å². The lowest BCUT2D eigenvalue weighted by atomic mass is 10.0. The van der Waals surface area contributed by atoms with E-state index in [1.807, 2.05) is 4.90 Å². The molecule has 1 atom stereocenters. The van der Waals surface area contributed by atoms with Gasteiger partial charge in [0, 0.05) is 45.2 Å². The molecule has 17 heavy (non-hydrogen) atoms. The van der Waals surface area contributed by atoms with E-state index in [1.54, 1.807) is 0 Å². The number of nitrogens with zero attached hydrogens (tertiary/aromatic N) is 2. The molecule has 4 nitrogen and oxygen atoms in total. The summed E-state index contributed by atoms with van der Waals surface area (Å²) in [5, 5.41) is 3.28. The molecule has 2 aliphatic rings. The third-order valence-electron chi connectivity index (χ3n) is 4.02. The van der Waals surface area contributed by atoms with Crippen LogP contribution >= 0.6 is 0 Å². The number of hydrogen-bond donors (Lipinski definition) is 1. The molecule has 2 saturated heterocycles. The average molecular weight is 239 g/mol. The summed E-state index contributed by atoms with van der Waals surface area (Å²) < 4.78 is 0. The van der Waals surface area contributed by atoms with Crippen LogP contribution in [0.5, 0.6) is 0 Å². The Balaban J connectivity index is 1.71. The van der Waals surface area contributed by atoms with Gasteiger partial charge in [-0.15, -0.1) is 0 Å². The van der Waals surface area contributed by atoms with E-state index in [9.17, 15) is 4.79 Å². The fourth-order valence-electron chi connectivity index (χ4n) is 2.80. The molecule has 98 valence electrons. The third kappa shape index (κ3) is 3.68. The maximum atomic E-state index is 12.0. The summed E-state index contributed by atoms with van der Waals surface area (Å²) in [6, 6.07) is 0.666. The van der Waals surface area contributed by atoms with Crippen molar-refractivity contribution in [1.82, 2.24) is 15.1 Å². The van der Waals surface area contributed by atoms with Crippen molar-refractivity contribution in [2.45, 2.75) is 38.6 Å². The summed E-state index contributed by atoms with van der Waals surface area (Å²) in [5.41, 5.74) is 0. The van der Waals surface area contributed by atoms with Gasteiger partial charge in [-0.3, -0.25) is 4.79 Å². The number of hydrogen-bond acceptors (Lipinski definition) is 3. The standard InChI is InChI=1S/C13H25N3O/c1-12-4-2-3-8-15(12)9-5-13(17)16-10-6-14-7-11-16/h12,14H,2-11H2,1H3. The molecule has 2 fully saturated rings. The van der Waals surface area contributed by atoms with Crippen LogP contribution in [0.4, 0.5) is 0 Å². The van der Waals surface area contributed by atoms with E-state index in [1.165, 1.54) is 25.8 Å². The average Bonchev–Trinajstić information content (AvgIpc) is 2.38. The third-order valence-corrected chi connectivity index (χ3v) is 4.02. The number of nitrogens with one attached hydrogen (secondary N) is 1. The van der Waals surface area contributed by atoms with E-state index in [4.69, 9.17) is 0 Å². The number of piperidine rings is 1. The molecule has 4 heteroatoms. The van der Waals surface area contributed by atoms with Crippen LogP contribution in [0.15, 0.2) is 0 Å². The van der Waals surface area contributed by atoms with E-state index >= 15 is 0 Å². The predicted octanol–water partition coefficient (Wildman–Crippen LogP) is 0.683. The molecule has 0 aromatic carbocycles. The first-order valence-corrected chi connectivity index (χ1v) is 7.00. The number of carbonyl (C=O) groups excluding carboxylic acids is 1. The molecule has 0 aromatic rings. The summed E-state index contributed by atoms with van der Waals surface area (Å²) in [6.07, 6.45) is 4.64. The zero-order valence-corrected chi connectivity index (χ0v) is 11.0. The number of piperazine rings is 1. The number of carbonyl (C=O) groups is 1. The first-order chi connectivity index (χ1) is 8.27. The van der Waals surface area contributed by atoms with E-state index in [0.29, 0.717) is 18.4 Å². The van der Waals surface area contributed by atoms with Crippen LogP contribution < -0.4 is 5.32 Å². The van der Waals surface area contributed by atoms with E-state index in [-0.39, 0.29) is 0 Å². The molecule has 0 spiro atoms. The summed E-state index contributed by atoms with van der Waals surface area (Å²) in [6.45, 7) is 8.08. The highest BCUT2D eigenvalue weighted by molar-refractivity contribution is 5.76. The molecule has 2 rings (SSSR count). The first-order valence-electron chi connectivity index (χ1n) is 7.00. The van der Waals surface area contributed by atoms with Crippen LogP contribution in [0.25, 0.3) is 0 Å². The molecule has 0 aromatic heterocycles. The SMILES string of the molecule is CC1CCCCN1CCC(=O)N1CCNCC1. The van der Waals surface area contributed by atoms with Crippen LogP contribution in [0.3, 0.4) is 0 Å². The van der Waals surface area contributed by atoms with Gasteiger partial charge in [-0.25, -0.2) is 0 Å². The van der Waals surface area contributed by atoms with Crippen molar-refractivity contribution in [1.29, 1.82) is 0 Å². The maximum absolute atomic E-state index is 12.0. The topological polar surface area (TPSA) is 35.6 Å². The van der Waals surface area contributed by atoms with Gasteiger partial charge in [0.25, 0.3) is 0 Å². The number of rotatable bonds is 3. The normalized spacial score (nSPS) is 27.1. The largest absolute Gasteiger partial charge is 0.340 e. The summed E-state index contributed by atoms with van der Waals surface area (Å²) in [4.78, 5) is 16.5. The van der Waals surface area contributed by atoms with E-state index in [2.05, 4.69) is 17.1 Å². The lowest BCUT2D eigenvalue weighted by molar-refractivity contribution is -0.132. The quantitative estimate of drug-likeness (QED) is 0.787. The minimum Gasteiger partial charge on any atom is -0.340 e.